The number of carbonyl (C=O) groups is 1. The average molecular weight is 329 g/mol. The minimum atomic E-state index is -0.258. The van der Waals surface area contributed by atoms with Crippen LogP contribution >= 0.6 is 0 Å². The van der Waals surface area contributed by atoms with E-state index in [0.717, 1.165) is 5.56 Å². The standard InChI is InChI=1S/C18H19NO5/c20-18(14-7-4-8-21-14)19-13-10-23-17-15(11-24-16(13)17)22-9-12-5-2-1-3-6-12/h1-8,13,15-17H,9-11H2,(H,19,20)/t13-,15+,16+,17+/m0/s1. The van der Waals surface area contributed by atoms with Crippen molar-refractivity contribution in [3.63, 3.8) is 0 Å². The van der Waals surface area contributed by atoms with Crippen LogP contribution in [0.15, 0.2) is 53.1 Å². The second-order valence-electron chi connectivity index (χ2n) is 5.99. The summed E-state index contributed by atoms with van der Waals surface area (Å²) in [5, 5.41) is 2.91. The minimum absolute atomic E-state index is 0.124. The van der Waals surface area contributed by atoms with Gasteiger partial charge < -0.3 is 23.9 Å². The molecule has 0 spiro atoms. The van der Waals surface area contributed by atoms with Gasteiger partial charge in [0, 0.05) is 0 Å². The van der Waals surface area contributed by atoms with Gasteiger partial charge >= 0.3 is 0 Å². The summed E-state index contributed by atoms with van der Waals surface area (Å²) in [6.07, 6.45) is 1.00. The lowest BCUT2D eigenvalue weighted by Crippen LogP contribution is -2.44. The average Bonchev–Trinajstić information content (AvgIpc) is 3.33. The zero-order valence-electron chi connectivity index (χ0n) is 13.1. The van der Waals surface area contributed by atoms with Gasteiger partial charge in [-0.3, -0.25) is 4.79 Å². The maximum absolute atomic E-state index is 12.1. The van der Waals surface area contributed by atoms with Gasteiger partial charge in [-0.25, -0.2) is 0 Å². The third-order valence-electron chi connectivity index (χ3n) is 4.38. The van der Waals surface area contributed by atoms with E-state index >= 15 is 0 Å². The Bertz CT molecular complexity index is 672. The van der Waals surface area contributed by atoms with E-state index in [1.807, 2.05) is 30.3 Å². The highest BCUT2D eigenvalue weighted by Crippen LogP contribution is 2.29. The van der Waals surface area contributed by atoms with Crippen LogP contribution in [0.3, 0.4) is 0 Å². The Morgan fingerprint density at radius 3 is 2.71 bits per heavy atom. The van der Waals surface area contributed by atoms with Crippen LogP contribution in [0, 0.1) is 0 Å². The van der Waals surface area contributed by atoms with E-state index in [-0.39, 0.29) is 36.0 Å². The number of fused-ring (bicyclic) bond motifs is 1. The summed E-state index contributed by atoms with van der Waals surface area (Å²) in [5.74, 6) is 0.0276. The molecule has 2 aliphatic heterocycles. The number of furan rings is 1. The first-order valence-electron chi connectivity index (χ1n) is 8.04. The number of carbonyl (C=O) groups excluding carboxylic acids is 1. The lowest BCUT2D eigenvalue weighted by molar-refractivity contribution is -0.0392. The SMILES string of the molecule is O=C(N[C@H]1CO[C@H]2[C@@H]1OC[C@H]2OCc1ccccc1)c1ccco1. The molecule has 0 unspecified atom stereocenters. The summed E-state index contributed by atoms with van der Waals surface area (Å²) in [7, 11) is 0. The molecule has 4 rings (SSSR count). The highest BCUT2D eigenvalue weighted by atomic mass is 16.6. The molecular formula is C18H19NO5. The van der Waals surface area contributed by atoms with Crippen molar-refractivity contribution in [1.82, 2.24) is 5.32 Å². The third kappa shape index (κ3) is 3.08. The number of hydrogen-bond donors (Lipinski definition) is 1. The minimum Gasteiger partial charge on any atom is -0.459 e. The van der Waals surface area contributed by atoms with Crippen molar-refractivity contribution in [2.45, 2.75) is 31.0 Å². The molecule has 2 aromatic rings. The highest BCUT2D eigenvalue weighted by Gasteiger charge is 2.48. The number of amides is 1. The fourth-order valence-corrected chi connectivity index (χ4v) is 3.16. The smallest absolute Gasteiger partial charge is 0.287 e. The molecule has 126 valence electrons. The van der Waals surface area contributed by atoms with Gasteiger partial charge in [0.25, 0.3) is 5.91 Å². The lowest BCUT2D eigenvalue weighted by atomic mass is 10.1. The second kappa shape index (κ2) is 6.76. The Hall–Kier alpha value is -2.15. The van der Waals surface area contributed by atoms with Gasteiger partial charge in [-0.05, 0) is 17.7 Å². The molecule has 1 amide bonds. The fourth-order valence-electron chi connectivity index (χ4n) is 3.16. The molecule has 2 aliphatic rings. The van der Waals surface area contributed by atoms with Crippen LogP contribution in [0.5, 0.6) is 0 Å². The molecule has 2 fully saturated rings. The van der Waals surface area contributed by atoms with Crippen molar-refractivity contribution < 1.29 is 23.4 Å². The van der Waals surface area contributed by atoms with Crippen LogP contribution < -0.4 is 5.32 Å². The summed E-state index contributed by atoms with van der Waals surface area (Å²) in [4.78, 5) is 12.1. The van der Waals surface area contributed by atoms with E-state index in [4.69, 9.17) is 18.6 Å². The Balaban J connectivity index is 1.33. The molecule has 24 heavy (non-hydrogen) atoms. The molecule has 1 aromatic heterocycles. The van der Waals surface area contributed by atoms with Crippen molar-refractivity contribution in [2.24, 2.45) is 0 Å². The number of ether oxygens (including phenoxy) is 3. The first kappa shape index (κ1) is 15.4. The van der Waals surface area contributed by atoms with Gasteiger partial charge in [0.2, 0.25) is 0 Å². The van der Waals surface area contributed by atoms with Crippen LogP contribution in [0.1, 0.15) is 16.1 Å². The highest BCUT2D eigenvalue weighted by molar-refractivity contribution is 5.91. The van der Waals surface area contributed by atoms with Gasteiger partial charge in [0.1, 0.15) is 18.3 Å². The largest absolute Gasteiger partial charge is 0.459 e. The van der Waals surface area contributed by atoms with E-state index in [1.165, 1.54) is 6.26 Å². The van der Waals surface area contributed by atoms with Crippen LogP contribution in [0.25, 0.3) is 0 Å². The van der Waals surface area contributed by atoms with Gasteiger partial charge in [-0.1, -0.05) is 30.3 Å². The third-order valence-corrected chi connectivity index (χ3v) is 4.38. The Morgan fingerprint density at radius 2 is 1.92 bits per heavy atom. The molecule has 2 saturated heterocycles. The van der Waals surface area contributed by atoms with E-state index in [1.54, 1.807) is 12.1 Å². The fraction of sp³-hybridized carbons (Fsp3) is 0.389. The van der Waals surface area contributed by atoms with E-state index in [0.29, 0.717) is 19.8 Å². The van der Waals surface area contributed by atoms with Crippen molar-refractivity contribution in [3.8, 4) is 0 Å². The Kier molecular flexibility index (Phi) is 4.34. The summed E-state index contributed by atoms with van der Waals surface area (Å²) in [6.45, 7) is 1.40. The van der Waals surface area contributed by atoms with Crippen molar-refractivity contribution in [1.29, 1.82) is 0 Å². The first-order chi connectivity index (χ1) is 11.8. The van der Waals surface area contributed by atoms with Gasteiger partial charge in [-0.15, -0.1) is 0 Å². The monoisotopic (exact) mass is 329 g/mol. The predicted octanol–water partition coefficient (Wildman–Crippen LogP) is 1.76. The molecule has 1 aromatic carbocycles. The molecule has 4 atom stereocenters. The summed E-state index contributed by atoms with van der Waals surface area (Å²) < 4.78 is 22.7. The number of rotatable bonds is 5. The van der Waals surface area contributed by atoms with Gasteiger partial charge in [-0.2, -0.15) is 0 Å². The van der Waals surface area contributed by atoms with Crippen LogP contribution in [0.4, 0.5) is 0 Å². The van der Waals surface area contributed by atoms with Gasteiger partial charge in [0.05, 0.1) is 32.1 Å². The molecule has 0 saturated carbocycles. The maximum atomic E-state index is 12.1. The topological polar surface area (TPSA) is 69.9 Å². The van der Waals surface area contributed by atoms with Crippen LogP contribution in [0.2, 0.25) is 0 Å². The summed E-state index contributed by atoms with van der Waals surface area (Å²) in [5.41, 5.74) is 1.11. The van der Waals surface area contributed by atoms with Crippen molar-refractivity contribution >= 4 is 5.91 Å². The molecule has 0 radical (unpaired) electrons. The quantitative estimate of drug-likeness (QED) is 0.905. The summed E-state index contributed by atoms with van der Waals surface area (Å²) >= 11 is 0. The first-order valence-corrected chi connectivity index (χ1v) is 8.04. The number of nitrogens with one attached hydrogen (secondary N) is 1. The molecule has 6 nitrogen and oxygen atoms in total. The van der Waals surface area contributed by atoms with Gasteiger partial charge in [0.15, 0.2) is 5.76 Å². The normalized spacial score (nSPS) is 28.7. The molecule has 3 heterocycles. The molecule has 0 aliphatic carbocycles. The lowest BCUT2D eigenvalue weighted by Gasteiger charge is -2.17. The van der Waals surface area contributed by atoms with E-state index < -0.39 is 0 Å². The molecule has 0 bridgehead atoms. The number of hydrogen-bond acceptors (Lipinski definition) is 5. The van der Waals surface area contributed by atoms with Crippen LogP contribution in [-0.4, -0.2) is 43.5 Å². The Morgan fingerprint density at radius 1 is 1.08 bits per heavy atom. The molecular weight excluding hydrogens is 310 g/mol. The van der Waals surface area contributed by atoms with Crippen molar-refractivity contribution in [3.05, 3.63) is 60.1 Å². The summed E-state index contributed by atoms with van der Waals surface area (Å²) in [6, 6.07) is 13.1. The zero-order chi connectivity index (χ0) is 16.4. The maximum Gasteiger partial charge on any atom is 0.287 e. The predicted molar refractivity (Wildman–Crippen MR) is 84.5 cm³/mol. The molecule has 6 heteroatoms. The van der Waals surface area contributed by atoms with Crippen molar-refractivity contribution in [2.75, 3.05) is 13.2 Å². The van der Waals surface area contributed by atoms with E-state index in [2.05, 4.69) is 5.32 Å². The Labute approximate surface area is 139 Å². The molecule has 1 N–H and O–H groups in total. The zero-order valence-corrected chi connectivity index (χ0v) is 13.1. The van der Waals surface area contributed by atoms with E-state index in [9.17, 15) is 4.79 Å². The number of benzene rings is 1. The second-order valence-corrected chi connectivity index (χ2v) is 5.99. The van der Waals surface area contributed by atoms with Crippen LogP contribution in [-0.2, 0) is 20.8 Å².